The van der Waals surface area contributed by atoms with Crippen molar-refractivity contribution in [3.05, 3.63) is 24.3 Å². The van der Waals surface area contributed by atoms with Gasteiger partial charge in [-0.3, -0.25) is 9.69 Å². The normalized spacial score (nSPS) is 23.3. The maximum absolute atomic E-state index is 12.5. The molecule has 2 heterocycles. The van der Waals surface area contributed by atoms with Crippen molar-refractivity contribution in [3.63, 3.8) is 0 Å². The van der Waals surface area contributed by atoms with E-state index in [1.807, 2.05) is 25.2 Å². The third-order valence-electron chi connectivity index (χ3n) is 4.34. The molecule has 114 valence electrons. The van der Waals surface area contributed by atoms with E-state index in [2.05, 4.69) is 21.2 Å². The van der Waals surface area contributed by atoms with E-state index in [0.717, 1.165) is 57.1 Å². The Balaban J connectivity index is 1.74. The second kappa shape index (κ2) is 6.45. The number of carbonyl (C=O) groups excluding carboxylic acids is 1. The summed E-state index contributed by atoms with van der Waals surface area (Å²) >= 11 is 0. The molecule has 0 aliphatic carbocycles. The number of rotatable bonds is 3. The number of benzene rings is 1. The molecule has 5 heteroatoms. The summed E-state index contributed by atoms with van der Waals surface area (Å²) in [6.07, 6.45) is 2.04. The Kier molecular flexibility index (Phi) is 4.41. The van der Waals surface area contributed by atoms with Gasteiger partial charge in [-0.05, 0) is 38.6 Å². The number of hydrogen-bond donors (Lipinski definition) is 1. The summed E-state index contributed by atoms with van der Waals surface area (Å²) < 4.78 is 5.40. The van der Waals surface area contributed by atoms with E-state index in [4.69, 9.17) is 4.74 Å². The number of para-hydroxylation sites is 2. The zero-order valence-electron chi connectivity index (χ0n) is 12.5. The Labute approximate surface area is 125 Å². The van der Waals surface area contributed by atoms with Crippen LogP contribution in [0.1, 0.15) is 12.8 Å². The van der Waals surface area contributed by atoms with E-state index >= 15 is 0 Å². The van der Waals surface area contributed by atoms with E-state index < -0.39 is 0 Å². The van der Waals surface area contributed by atoms with Gasteiger partial charge in [-0.2, -0.15) is 0 Å². The van der Waals surface area contributed by atoms with Crippen LogP contribution in [0.2, 0.25) is 0 Å². The summed E-state index contributed by atoms with van der Waals surface area (Å²) in [4.78, 5) is 16.9. The Bertz CT molecular complexity index is 500. The van der Waals surface area contributed by atoms with Crippen molar-refractivity contribution in [1.82, 2.24) is 4.90 Å². The molecule has 0 radical (unpaired) electrons. The van der Waals surface area contributed by atoms with E-state index in [1.54, 1.807) is 0 Å². The van der Waals surface area contributed by atoms with Gasteiger partial charge in [0.2, 0.25) is 5.91 Å². The first-order chi connectivity index (χ1) is 10.3. The predicted octanol–water partition coefficient (Wildman–Crippen LogP) is 1.56. The lowest BCUT2D eigenvalue weighted by molar-refractivity contribution is -0.119. The molecule has 1 aromatic rings. The molecule has 2 aliphatic rings. The lowest BCUT2D eigenvalue weighted by Gasteiger charge is -2.31. The largest absolute Gasteiger partial charge is 0.378 e. The van der Waals surface area contributed by atoms with Crippen LogP contribution < -0.4 is 10.2 Å². The van der Waals surface area contributed by atoms with Crippen LogP contribution in [0.3, 0.4) is 0 Å². The van der Waals surface area contributed by atoms with E-state index in [0.29, 0.717) is 0 Å². The molecule has 2 aliphatic heterocycles. The van der Waals surface area contributed by atoms with E-state index in [9.17, 15) is 4.79 Å². The number of nitrogens with zero attached hydrogens (tertiary/aromatic N) is 2. The van der Waals surface area contributed by atoms with Gasteiger partial charge < -0.3 is 15.0 Å². The van der Waals surface area contributed by atoms with Crippen molar-refractivity contribution >= 4 is 17.3 Å². The lowest BCUT2D eigenvalue weighted by atomic mass is 10.2. The van der Waals surface area contributed by atoms with Crippen molar-refractivity contribution < 1.29 is 9.53 Å². The third-order valence-corrected chi connectivity index (χ3v) is 4.34. The van der Waals surface area contributed by atoms with E-state index in [-0.39, 0.29) is 11.9 Å². The van der Waals surface area contributed by atoms with Gasteiger partial charge in [0.15, 0.2) is 0 Å². The van der Waals surface area contributed by atoms with Gasteiger partial charge in [-0.1, -0.05) is 12.1 Å². The van der Waals surface area contributed by atoms with Gasteiger partial charge in [0.25, 0.3) is 0 Å². The van der Waals surface area contributed by atoms with Crippen LogP contribution in [0.4, 0.5) is 11.4 Å². The standard InChI is InChI=1S/C16H23N3O2/c1-18-8-4-7-15(18)16(20)17-13-5-2-3-6-14(13)19-9-11-21-12-10-19/h2-3,5-6,15H,4,7-12H2,1H3,(H,17,20). The molecule has 0 spiro atoms. The number of anilines is 2. The number of ether oxygens (including phenoxy) is 1. The number of nitrogens with one attached hydrogen (secondary N) is 1. The zero-order valence-corrected chi connectivity index (χ0v) is 12.5. The highest BCUT2D eigenvalue weighted by Gasteiger charge is 2.28. The quantitative estimate of drug-likeness (QED) is 0.917. The van der Waals surface area contributed by atoms with Crippen molar-refractivity contribution in [1.29, 1.82) is 0 Å². The van der Waals surface area contributed by atoms with Crippen molar-refractivity contribution in [2.24, 2.45) is 0 Å². The topological polar surface area (TPSA) is 44.8 Å². The maximum atomic E-state index is 12.5. The molecule has 3 rings (SSSR count). The average Bonchev–Trinajstić information content (AvgIpc) is 2.95. The number of morpholine rings is 1. The first-order valence-electron chi connectivity index (χ1n) is 7.68. The molecule has 1 amide bonds. The molecule has 0 aromatic heterocycles. The second-order valence-corrected chi connectivity index (χ2v) is 5.74. The molecule has 1 atom stereocenters. The number of likely N-dealkylation sites (tertiary alicyclic amines) is 1. The first-order valence-corrected chi connectivity index (χ1v) is 7.68. The molecule has 21 heavy (non-hydrogen) atoms. The minimum Gasteiger partial charge on any atom is -0.378 e. The summed E-state index contributed by atoms with van der Waals surface area (Å²) in [5.41, 5.74) is 2.00. The Morgan fingerprint density at radius 2 is 2.00 bits per heavy atom. The lowest BCUT2D eigenvalue weighted by Crippen LogP contribution is -2.39. The number of hydrogen-bond acceptors (Lipinski definition) is 4. The molecule has 0 saturated carbocycles. The fraction of sp³-hybridized carbons (Fsp3) is 0.562. The smallest absolute Gasteiger partial charge is 0.241 e. The molecule has 2 saturated heterocycles. The molecular formula is C16H23N3O2. The van der Waals surface area contributed by atoms with Gasteiger partial charge >= 0.3 is 0 Å². The van der Waals surface area contributed by atoms with Gasteiger partial charge in [-0.25, -0.2) is 0 Å². The molecule has 2 fully saturated rings. The molecule has 1 aromatic carbocycles. The summed E-state index contributed by atoms with van der Waals surface area (Å²) in [6.45, 7) is 4.23. The minimum atomic E-state index is 0.00254. The predicted molar refractivity (Wildman–Crippen MR) is 83.8 cm³/mol. The van der Waals surface area contributed by atoms with Crippen LogP contribution >= 0.6 is 0 Å². The number of carbonyl (C=O) groups is 1. The van der Waals surface area contributed by atoms with Crippen molar-refractivity contribution in [2.75, 3.05) is 50.1 Å². The third kappa shape index (κ3) is 3.19. The molecule has 1 unspecified atom stereocenters. The van der Waals surface area contributed by atoms with Crippen LogP contribution in [-0.4, -0.2) is 56.7 Å². The van der Waals surface area contributed by atoms with Crippen LogP contribution in [0.15, 0.2) is 24.3 Å². The molecule has 0 bridgehead atoms. The van der Waals surface area contributed by atoms with Crippen LogP contribution in [-0.2, 0) is 9.53 Å². The Morgan fingerprint density at radius 3 is 2.71 bits per heavy atom. The monoisotopic (exact) mass is 289 g/mol. The summed E-state index contributed by atoms with van der Waals surface area (Å²) in [5.74, 6) is 0.107. The Hall–Kier alpha value is -1.59. The highest BCUT2D eigenvalue weighted by atomic mass is 16.5. The Morgan fingerprint density at radius 1 is 1.24 bits per heavy atom. The second-order valence-electron chi connectivity index (χ2n) is 5.74. The minimum absolute atomic E-state index is 0.00254. The van der Waals surface area contributed by atoms with Gasteiger partial charge in [0.1, 0.15) is 0 Å². The van der Waals surface area contributed by atoms with Crippen LogP contribution in [0.25, 0.3) is 0 Å². The van der Waals surface area contributed by atoms with Crippen LogP contribution in [0, 0.1) is 0 Å². The fourth-order valence-corrected chi connectivity index (χ4v) is 3.12. The molecule has 5 nitrogen and oxygen atoms in total. The first kappa shape index (κ1) is 14.4. The van der Waals surface area contributed by atoms with Crippen molar-refractivity contribution in [3.8, 4) is 0 Å². The highest BCUT2D eigenvalue weighted by molar-refractivity contribution is 5.97. The van der Waals surface area contributed by atoms with Gasteiger partial charge in [-0.15, -0.1) is 0 Å². The van der Waals surface area contributed by atoms with Gasteiger partial charge in [0, 0.05) is 13.1 Å². The number of amides is 1. The summed E-state index contributed by atoms with van der Waals surface area (Å²) in [5, 5.41) is 3.12. The summed E-state index contributed by atoms with van der Waals surface area (Å²) in [6, 6.07) is 8.04. The van der Waals surface area contributed by atoms with Crippen molar-refractivity contribution in [2.45, 2.75) is 18.9 Å². The zero-order chi connectivity index (χ0) is 14.7. The highest BCUT2D eigenvalue weighted by Crippen LogP contribution is 2.27. The fourth-order valence-electron chi connectivity index (χ4n) is 3.12. The number of likely N-dealkylation sites (N-methyl/N-ethyl adjacent to an activating group) is 1. The average molecular weight is 289 g/mol. The molecule has 1 N–H and O–H groups in total. The molecular weight excluding hydrogens is 266 g/mol. The summed E-state index contributed by atoms with van der Waals surface area (Å²) in [7, 11) is 2.02. The van der Waals surface area contributed by atoms with Crippen LogP contribution in [0.5, 0.6) is 0 Å². The van der Waals surface area contributed by atoms with Gasteiger partial charge in [0.05, 0.1) is 30.6 Å². The maximum Gasteiger partial charge on any atom is 0.241 e. The SMILES string of the molecule is CN1CCCC1C(=O)Nc1ccccc1N1CCOCC1. The van der Waals surface area contributed by atoms with E-state index in [1.165, 1.54) is 0 Å².